The maximum absolute atomic E-state index is 12.4. The van der Waals surface area contributed by atoms with Crippen LogP contribution in [-0.2, 0) is 4.79 Å². The van der Waals surface area contributed by atoms with Crippen LogP contribution in [0.1, 0.15) is 57.6 Å². The van der Waals surface area contributed by atoms with E-state index in [1.54, 1.807) is 19.4 Å². The summed E-state index contributed by atoms with van der Waals surface area (Å²) in [7, 11) is 1.61. The third-order valence-electron chi connectivity index (χ3n) is 4.82. The van der Waals surface area contributed by atoms with Crippen molar-refractivity contribution in [1.82, 2.24) is 9.78 Å². The Bertz CT molecular complexity index is 820. The van der Waals surface area contributed by atoms with Crippen molar-refractivity contribution in [2.24, 2.45) is 0 Å². The third-order valence-corrected chi connectivity index (χ3v) is 4.82. The molecule has 3 rings (SSSR count). The van der Waals surface area contributed by atoms with E-state index in [4.69, 9.17) is 9.47 Å². The largest absolute Gasteiger partial charge is 0.493 e. The predicted molar refractivity (Wildman–Crippen MR) is 111 cm³/mol. The molecule has 28 heavy (non-hydrogen) atoms. The number of nitrogens with one attached hydrogen (secondary N) is 1. The highest BCUT2D eigenvalue weighted by Crippen LogP contribution is 2.30. The maximum Gasteiger partial charge on any atom is 0.249 e. The van der Waals surface area contributed by atoms with Crippen molar-refractivity contribution in [3.05, 3.63) is 42.1 Å². The van der Waals surface area contributed by atoms with Crippen molar-refractivity contribution in [3.63, 3.8) is 0 Å². The second-order valence-electron chi connectivity index (χ2n) is 7.35. The van der Waals surface area contributed by atoms with Crippen LogP contribution in [0.5, 0.6) is 11.5 Å². The predicted octanol–water partition coefficient (Wildman–Crippen LogP) is 4.84. The molecule has 6 heteroatoms. The average Bonchev–Trinajstić information content (AvgIpc) is 3.15. The monoisotopic (exact) mass is 383 g/mol. The molecule has 2 aromatic rings. The molecule has 1 heterocycles. The van der Waals surface area contributed by atoms with Gasteiger partial charge in [0.25, 0.3) is 0 Å². The fourth-order valence-corrected chi connectivity index (χ4v) is 3.51. The van der Waals surface area contributed by atoms with Gasteiger partial charge in [0.1, 0.15) is 5.82 Å². The number of anilines is 1. The topological polar surface area (TPSA) is 65.4 Å². The molecule has 0 spiro atoms. The van der Waals surface area contributed by atoms with Gasteiger partial charge in [-0.05, 0) is 50.5 Å². The molecule has 1 aliphatic carbocycles. The minimum Gasteiger partial charge on any atom is -0.493 e. The summed E-state index contributed by atoms with van der Waals surface area (Å²) in [5, 5.41) is 7.36. The SMILES string of the molecule is COc1cc(/C=C/C(=O)Nc2ccnn2C2CCCCC2)ccc1OC(C)C. The number of methoxy groups -OCH3 is 1. The number of amides is 1. The maximum atomic E-state index is 12.4. The molecule has 1 saturated carbocycles. The Labute approximate surface area is 166 Å². The van der Waals surface area contributed by atoms with E-state index in [9.17, 15) is 4.79 Å². The first-order chi connectivity index (χ1) is 13.6. The van der Waals surface area contributed by atoms with Gasteiger partial charge >= 0.3 is 0 Å². The summed E-state index contributed by atoms with van der Waals surface area (Å²) in [4.78, 5) is 12.4. The minimum absolute atomic E-state index is 0.0649. The molecule has 0 atom stereocenters. The number of rotatable bonds is 7. The van der Waals surface area contributed by atoms with E-state index in [0.717, 1.165) is 24.2 Å². The third kappa shape index (κ3) is 5.15. The minimum atomic E-state index is -0.181. The zero-order chi connectivity index (χ0) is 19.9. The molecule has 1 fully saturated rings. The van der Waals surface area contributed by atoms with E-state index in [1.165, 1.54) is 25.3 Å². The van der Waals surface area contributed by atoms with Crippen LogP contribution in [0.3, 0.4) is 0 Å². The summed E-state index contributed by atoms with van der Waals surface area (Å²) in [6.07, 6.45) is 11.0. The molecule has 1 aliphatic rings. The molecular weight excluding hydrogens is 354 g/mol. The first-order valence-corrected chi connectivity index (χ1v) is 9.94. The second-order valence-corrected chi connectivity index (χ2v) is 7.35. The van der Waals surface area contributed by atoms with Crippen LogP contribution in [0.2, 0.25) is 0 Å². The summed E-state index contributed by atoms with van der Waals surface area (Å²) in [6, 6.07) is 7.83. The van der Waals surface area contributed by atoms with Gasteiger partial charge in [-0.15, -0.1) is 0 Å². The van der Waals surface area contributed by atoms with Crippen LogP contribution >= 0.6 is 0 Å². The summed E-state index contributed by atoms with van der Waals surface area (Å²) in [6.45, 7) is 3.94. The zero-order valence-corrected chi connectivity index (χ0v) is 16.9. The van der Waals surface area contributed by atoms with Gasteiger partial charge in [-0.1, -0.05) is 25.3 Å². The highest BCUT2D eigenvalue weighted by Gasteiger charge is 2.18. The fourth-order valence-electron chi connectivity index (χ4n) is 3.51. The van der Waals surface area contributed by atoms with Crippen LogP contribution in [0.25, 0.3) is 6.08 Å². The van der Waals surface area contributed by atoms with Crippen molar-refractivity contribution in [3.8, 4) is 11.5 Å². The molecule has 1 N–H and O–H groups in total. The van der Waals surface area contributed by atoms with E-state index < -0.39 is 0 Å². The molecule has 0 unspecified atom stereocenters. The zero-order valence-electron chi connectivity index (χ0n) is 16.9. The van der Waals surface area contributed by atoms with Crippen molar-refractivity contribution >= 4 is 17.8 Å². The Hall–Kier alpha value is -2.76. The molecule has 1 aromatic heterocycles. The number of carbonyl (C=O) groups excluding carboxylic acids is 1. The Kier molecular flexibility index (Phi) is 6.74. The Morgan fingerprint density at radius 1 is 1.21 bits per heavy atom. The van der Waals surface area contributed by atoms with Crippen LogP contribution in [-0.4, -0.2) is 28.9 Å². The van der Waals surface area contributed by atoms with E-state index in [0.29, 0.717) is 17.5 Å². The van der Waals surface area contributed by atoms with Crippen molar-refractivity contribution in [1.29, 1.82) is 0 Å². The molecule has 1 amide bonds. The molecule has 0 radical (unpaired) electrons. The Morgan fingerprint density at radius 3 is 2.71 bits per heavy atom. The van der Waals surface area contributed by atoms with Gasteiger partial charge in [0.2, 0.25) is 5.91 Å². The molecule has 0 bridgehead atoms. The van der Waals surface area contributed by atoms with Crippen molar-refractivity contribution in [2.75, 3.05) is 12.4 Å². The summed E-state index contributed by atoms with van der Waals surface area (Å²) in [5.74, 6) is 1.90. The fraction of sp³-hybridized carbons (Fsp3) is 0.455. The molecule has 6 nitrogen and oxygen atoms in total. The number of carbonyl (C=O) groups is 1. The van der Waals surface area contributed by atoms with E-state index >= 15 is 0 Å². The lowest BCUT2D eigenvalue weighted by Crippen LogP contribution is -2.19. The first kappa shape index (κ1) is 20.0. The lowest BCUT2D eigenvalue weighted by Gasteiger charge is -2.23. The number of benzene rings is 1. The van der Waals surface area contributed by atoms with Crippen LogP contribution < -0.4 is 14.8 Å². The highest BCUT2D eigenvalue weighted by atomic mass is 16.5. The number of nitrogens with zero attached hydrogens (tertiary/aromatic N) is 2. The lowest BCUT2D eigenvalue weighted by molar-refractivity contribution is -0.111. The van der Waals surface area contributed by atoms with Gasteiger partial charge in [-0.25, -0.2) is 4.68 Å². The standard InChI is InChI=1S/C22H29N3O3/c1-16(2)28-19-11-9-17(15-20(19)27-3)10-12-22(26)24-21-13-14-23-25(21)18-7-5-4-6-8-18/h9-16,18H,4-8H2,1-3H3,(H,24,26)/b12-10+. The van der Waals surface area contributed by atoms with E-state index in [1.807, 2.05) is 42.8 Å². The number of ether oxygens (including phenoxy) is 2. The molecule has 1 aromatic carbocycles. The normalized spacial score (nSPS) is 15.1. The van der Waals surface area contributed by atoms with Gasteiger partial charge in [-0.2, -0.15) is 5.10 Å². The number of hydrogen-bond donors (Lipinski definition) is 1. The summed E-state index contributed by atoms with van der Waals surface area (Å²) < 4.78 is 13.1. The summed E-state index contributed by atoms with van der Waals surface area (Å²) in [5.41, 5.74) is 0.865. The van der Waals surface area contributed by atoms with Gasteiger partial charge in [0, 0.05) is 12.1 Å². The highest BCUT2D eigenvalue weighted by molar-refractivity contribution is 6.01. The quantitative estimate of drug-likeness (QED) is 0.695. The van der Waals surface area contributed by atoms with Gasteiger partial charge in [0.05, 0.1) is 25.5 Å². The smallest absolute Gasteiger partial charge is 0.249 e. The summed E-state index contributed by atoms with van der Waals surface area (Å²) >= 11 is 0. The first-order valence-electron chi connectivity index (χ1n) is 9.94. The number of hydrogen-bond acceptors (Lipinski definition) is 4. The molecule has 150 valence electrons. The van der Waals surface area contributed by atoms with Crippen LogP contribution in [0, 0.1) is 0 Å². The molecule has 0 saturated heterocycles. The van der Waals surface area contributed by atoms with Gasteiger partial charge in [0.15, 0.2) is 11.5 Å². The second kappa shape index (κ2) is 9.44. The van der Waals surface area contributed by atoms with Crippen LogP contribution in [0.15, 0.2) is 36.5 Å². The molecule has 0 aliphatic heterocycles. The van der Waals surface area contributed by atoms with Gasteiger partial charge in [-0.3, -0.25) is 4.79 Å². The van der Waals surface area contributed by atoms with Crippen molar-refractivity contribution in [2.45, 2.75) is 58.1 Å². The van der Waals surface area contributed by atoms with Crippen LogP contribution in [0.4, 0.5) is 5.82 Å². The Morgan fingerprint density at radius 2 is 2.00 bits per heavy atom. The number of aromatic nitrogens is 2. The van der Waals surface area contributed by atoms with Gasteiger partial charge < -0.3 is 14.8 Å². The Balaban J connectivity index is 1.65. The molecular formula is C22H29N3O3. The lowest BCUT2D eigenvalue weighted by atomic mass is 9.96. The van der Waals surface area contributed by atoms with E-state index in [-0.39, 0.29) is 12.0 Å². The van der Waals surface area contributed by atoms with Crippen molar-refractivity contribution < 1.29 is 14.3 Å². The average molecular weight is 383 g/mol. The van der Waals surface area contributed by atoms with E-state index in [2.05, 4.69) is 10.4 Å².